The Balaban J connectivity index is 2.76. The number of rotatable bonds is 8. The van der Waals surface area contributed by atoms with Crippen LogP contribution < -0.4 is 10.1 Å². The molecule has 1 aromatic rings. The fourth-order valence-corrected chi connectivity index (χ4v) is 1.91. The molecule has 1 atom stereocenters. The standard InChI is InChI=1S/C12H23N3O2/c1-5-13-10(7-8-17-6-2)12-11(16-4)9-14-15(12)3/h9-10,13H,5-8H2,1-4H3. The first-order valence-electron chi connectivity index (χ1n) is 6.11. The predicted molar refractivity (Wildman–Crippen MR) is 67.3 cm³/mol. The van der Waals surface area contributed by atoms with E-state index in [2.05, 4.69) is 17.3 Å². The molecule has 98 valence electrons. The Morgan fingerprint density at radius 1 is 1.47 bits per heavy atom. The van der Waals surface area contributed by atoms with E-state index < -0.39 is 0 Å². The van der Waals surface area contributed by atoms with E-state index in [0.29, 0.717) is 0 Å². The number of ether oxygens (including phenoxy) is 2. The zero-order chi connectivity index (χ0) is 12.7. The van der Waals surface area contributed by atoms with Gasteiger partial charge in [0.05, 0.1) is 25.0 Å². The average Bonchev–Trinajstić information content (AvgIpc) is 2.69. The molecule has 0 bridgehead atoms. The van der Waals surface area contributed by atoms with Crippen LogP contribution in [-0.4, -0.2) is 36.6 Å². The number of hydrogen-bond acceptors (Lipinski definition) is 4. The fourth-order valence-electron chi connectivity index (χ4n) is 1.91. The monoisotopic (exact) mass is 241 g/mol. The molecule has 1 unspecified atom stereocenters. The van der Waals surface area contributed by atoms with Gasteiger partial charge in [-0.2, -0.15) is 5.10 Å². The molecule has 0 radical (unpaired) electrons. The topological polar surface area (TPSA) is 48.3 Å². The zero-order valence-corrected chi connectivity index (χ0v) is 11.2. The van der Waals surface area contributed by atoms with Crippen LogP contribution in [0.5, 0.6) is 5.75 Å². The third-order valence-electron chi connectivity index (χ3n) is 2.70. The Labute approximate surface area is 103 Å². The molecule has 1 rings (SSSR count). The van der Waals surface area contributed by atoms with E-state index in [0.717, 1.165) is 37.6 Å². The summed E-state index contributed by atoms with van der Waals surface area (Å²) in [5.41, 5.74) is 1.08. The Hall–Kier alpha value is -1.07. The smallest absolute Gasteiger partial charge is 0.161 e. The number of aryl methyl sites for hydroxylation is 1. The normalized spacial score (nSPS) is 12.7. The van der Waals surface area contributed by atoms with Crippen molar-refractivity contribution >= 4 is 0 Å². The highest BCUT2D eigenvalue weighted by atomic mass is 16.5. The molecule has 0 saturated heterocycles. The molecule has 0 fully saturated rings. The van der Waals surface area contributed by atoms with Crippen LogP contribution >= 0.6 is 0 Å². The van der Waals surface area contributed by atoms with Crippen LogP contribution in [0.3, 0.4) is 0 Å². The largest absolute Gasteiger partial charge is 0.493 e. The van der Waals surface area contributed by atoms with Crippen LogP contribution in [0.4, 0.5) is 0 Å². The second kappa shape index (κ2) is 7.29. The van der Waals surface area contributed by atoms with Crippen molar-refractivity contribution in [3.8, 4) is 5.75 Å². The number of nitrogens with one attached hydrogen (secondary N) is 1. The summed E-state index contributed by atoms with van der Waals surface area (Å²) in [7, 11) is 3.61. The lowest BCUT2D eigenvalue weighted by Crippen LogP contribution is -2.25. The van der Waals surface area contributed by atoms with Gasteiger partial charge in [-0.1, -0.05) is 6.92 Å². The molecule has 17 heavy (non-hydrogen) atoms. The van der Waals surface area contributed by atoms with Crippen LogP contribution in [-0.2, 0) is 11.8 Å². The summed E-state index contributed by atoms with van der Waals surface area (Å²) in [6.45, 7) is 6.50. The van der Waals surface area contributed by atoms with Gasteiger partial charge >= 0.3 is 0 Å². The van der Waals surface area contributed by atoms with Crippen molar-refractivity contribution in [2.24, 2.45) is 7.05 Å². The van der Waals surface area contributed by atoms with E-state index in [9.17, 15) is 0 Å². The van der Waals surface area contributed by atoms with Crippen molar-refractivity contribution in [2.45, 2.75) is 26.3 Å². The minimum Gasteiger partial charge on any atom is -0.493 e. The highest BCUT2D eigenvalue weighted by Gasteiger charge is 2.19. The fraction of sp³-hybridized carbons (Fsp3) is 0.750. The second-order valence-electron chi connectivity index (χ2n) is 3.82. The van der Waals surface area contributed by atoms with Crippen molar-refractivity contribution in [2.75, 3.05) is 26.9 Å². The van der Waals surface area contributed by atoms with Gasteiger partial charge in [-0.25, -0.2) is 0 Å². The van der Waals surface area contributed by atoms with Gasteiger partial charge < -0.3 is 14.8 Å². The molecule has 5 heteroatoms. The maximum Gasteiger partial charge on any atom is 0.161 e. The molecule has 1 heterocycles. The average molecular weight is 241 g/mol. The van der Waals surface area contributed by atoms with Crippen molar-refractivity contribution in [1.29, 1.82) is 0 Å². The third kappa shape index (κ3) is 3.71. The van der Waals surface area contributed by atoms with Crippen molar-refractivity contribution in [1.82, 2.24) is 15.1 Å². The quantitative estimate of drug-likeness (QED) is 0.701. The van der Waals surface area contributed by atoms with E-state index >= 15 is 0 Å². The van der Waals surface area contributed by atoms with Gasteiger partial charge in [-0.3, -0.25) is 4.68 Å². The number of nitrogens with zero attached hydrogens (tertiary/aromatic N) is 2. The molecular weight excluding hydrogens is 218 g/mol. The lowest BCUT2D eigenvalue weighted by Gasteiger charge is -2.19. The lowest BCUT2D eigenvalue weighted by atomic mass is 10.1. The summed E-state index contributed by atoms with van der Waals surface area (Å²) in [6, 6.07) is 0.217. The van der Waals surface area contributed by atoms with E-state index in [1.54, 1.807) is 13.3 Å². The Morgan fingerprint density at radius 2 is 2.24 bits per heavy atom. The zero-order valence-electron chi connectivity index (χ0n) is 11.2. The van der Waals surface area contributed by atoms with Gasteiger partial charge in [0.2, 0.25) is 0 Å². The molecule has 0 aromatic carbocycles. The predicted octanol–water partition coefficient (Wildman–Crippen LogP) is 1.51. The summed E-state index contributed by atoms with van der Waals surface area (Å²) in [4.78, 5) is 0. The summed E-state index contributed by atoms with van der Waals surface area (Å²) in [5.74, 6) is 0.829. The SMILES string of the molecule is CCNC(CCOCC)c1c(OC)cnn1C. The van der Waals surface area contributed by atoms with Crippen molar-refractivity contribution in [3.05, 3.63) is 11.9 Å². The highest BCUT2D eigenvalue weighted by molar-refractivity contribution is 5.28. The molecule has 0 spiro atoms. The summed E-state index contributed by atoms with van der Waals surface area (Å²) in [6.07, 6.45) is 2.66. The summed E-state index contributed by atoms with van der Waals surface area (Å²) < 4.78 is 12.6. The maximum absolute atomic E-state index is 5.41. The second-order valence-corrected chi connectivity index (χ2v) is 3.82. The van der Waals surface area contributed by atoms with Crippen LogP contribution in [0, 0.1) is 0 Å². The number of methoxy groups -OCH3 is 1. The van der Waals surface area contributed by atoms with E-state index in [4.69, 9.17) is 9.47 Å². The number of aromatic nitrogens is 2. The Kier molecular flexibility index (Phi) is 6.00. The first-order chi connectivity index (χ1) is 8.24. The maximum atomic E-state index is 5.41. The first-order valence-corrected chi connectivity index (χ1v) is 6.11. The molecule has 1 aromatic heterocycles. The molecular formula is C12H23N3O2. The third-order valence-corrected chi connectivity index (χ3v) is 2.70. The molecule has 0 amide bonds. The Morgan fingerprint density at radius 3 is 2.82 bits per heavy atom. The van der Waals surface area contributed by atoms with Crippen LogP contribution in [0.15, 0.2) is 6.20 Å². The van der Waals surface area contributed by atoms with Crippen molar-refractivity contribution in [3.63, 3.8) is 0 Å². The molecule has 0 aliphatic carbocycles. The van der Waals surface area contributed by atoms with Crippen LogP contribution in [0.2, 0.25) is 0 Å². The molecule has 0 aliphatic rings. The van der Waals surface area contributed by atoms with E-state index in [1.807, 2.05) is 18.7 Å². The van der Waals surface area contributed by atoms with Crippen LogP contribution in [0.25, 0.3) is 0 Å². The minimum atomic E-state index is 0.217. The molecule has 1 N–H and O–H groups in total. The lowest BCUT2D eigenvalue weighted by molar-refractivity contribution is 0.135. The van der Waals surface area contributed by atoms with E-state index in [-0.39, 0.29) is 6.04 Å². The van der Waals surface area contributed by atoms with Gasteiger partial charge in [0, 0.05) is 20.3 Å². The van der Waals surface area contributed by atoms with Gasteiger partial charge in [-0.05, 0) is 19.9 Å². The molecule has 5 nitrogen and oxygen atoms in total. The Bertz CT molecular complexity index is 326. The van der Waals surface area contributed by atoms with Gasteiger partial charge in [0.25, 0.3) is 0 Å². The molecule has 0 aliphatic heterocycles. The number of hydrogen-bond donors (Lipinski definition) is 1. The van der Waals surface area contributed by atoms with Gasteiger partial charge in [0.1, 0.15) is 0 Å². The minimum absolute atomic E-state index is 0.217. The molecule has 0 saturated carbocycles. The van der Waals surface area contributed by atoms with Crippen molar-refractivity contribution < 1.29 is 9.47 Å². The summed E-state index contributed by atoms with van der Waals surface area (Å²) >= 11 is 0. The van der Waals surface area contributed by atoms with E-state index in [1.165, 1.54) is 0 Å². The van der Waals surface area contributed by atoms with Gasteiger partial charge in [-0.15, -0.1) is 0 Å². The highest BCUT2D eigenvalue weighted by Crippen LogP contribution is 2.26. The summed E-state index contributed by atoms with van der Waals surface area (Å²) in [5, 5.41) is 7.67. The van der Waals surface area contributed by atoms with Crippen LogP contribution in [0.1, 0.15) is 32.0 Å². The first kappa shape index (κ1) is 14.0. The van der Waals surface area contributed by atoms with Gasteiger partial charge in [0.15, 0.2) is 5.75 Å².